The molecule has 0 aliphatic carbocycles. The van der Waals surface area contributed by atoms with Crippen LogP contribution in [0.3, 0.4) is 0 Å². The van der Waals surface area contributed by atoms with Crippen LogP contribution in [-0.2, 0) is 21.2 Å². The zero-order chi connectivity index (χ0) is 17.9. The van der Waals surface area contributed by atoms with Crippen LogP contribution in [0.25, 0.3) is 0 Å². The summed E-state index contributed by atoms with van der Waals surface area (Å²) in [6.07, 6.45) is 2.24. The number of piperidine rings is 1. The van der Waals surface area contributed by atoms with Gasteiger partial charge in [0.1, 0.15) is 4.21 Å². The zero-order valence-corrected chi connectivity index (χ0v) is 17.5. The lowest BCUT2D eigenvalue weighted by Crippen LogP contribution is -2.45. The Hall–Kier alpha value is -0.740. The fourth-order valence-electron chi connectivity index (χ4n) is 2.85. The Morgan fingerprint density at radius 1 is 1.36 bits per heavy atom. The molecule has 3 heterocycles. The summed E-state index contributed by atoms with van der Waals surface area (Å²) in [6, 6.07) is 7.38. The summed E-state index contributed by atoms with van der Waals surface area (Å²) in [5.41, 5.74) is 0. The smallest absolute Gasteiger partial charge is 0.252 e. The van der Waals surface area contributed by atoms with Crippen LogP contribution in [0.5, 0.6) is 0 Å². The van der Waals surface area contributed by atoms with Gasteiger partial charge in [0, 0.05) is 24.5 Å². The number of thiophene rings is 2. The molecule has 5 nitrogen and oxygen atoms in total. The minimum absolute atomic E-state index is 0.0520. The molecule has 0 bridgehead atoms. The highest BCUT2D eigenvalue weighted by molar-refractivity contribution is 9.11. The molecule has 1 unspecified atom stereocenters. The Morgan fingerprint density at radius 3 is 2.88 bits per heavy atom. The van der Waals surface area contributed by atoms with Crippen molar-refractivity contribution in [2.75, 3.05) is 19.6 Å². The molecular weight excluding hydrogens is 444 g/mol. The van der Waals surface area contributed by atoms with Gasteiger partial charge in [-0.15, -0.1) is 22.7 Å². The van der Waals surface area contributed by atoms with Crippen molar-refractivity contribution in [1.29, 1.82) is 0 Å². The van der Waals surface area contributed by atoms with E-state index in [-0.39, 0.29) is 18.4 Å². The molecule has 1 saturated heterocycles. The quantitative estimate of drug-likeness (QED) is 0.715. The Morgan fingerprint density at radius 2 is 2.20 bits per heavy atom. The molecule has 136 valence electrons. The molecule has 2 aromatic heterocycles. The maximum atomic E-state index is 12.7. The first-order chi connectivity index (χ1) is 12.0. The molecule has 1 atom stereocenters. The maximum Gasteiger partial charge on any atom is 0.252 e. The zero-order valence-electron chi connectivity index (χ0n) is 13.5. The predicted molar refractivity (Wildman–Crippen MR) is 105 cm³/mol. The van der Waals surface area contributed by atoms with Gasteiger partial charge in [0.05, 0.1) is 9.70 Å². The van der Waals surface area contributed by atoms with Gasteiger partial charge in [0.25, 0.3) is 10.0 Å². The highest BCUT2D eigenvalue weighted by atomic mass is 79.9. The fourth-order valence-corrected chi connectivity index (χ4v) is 7.24. The molecule has 1 aliphatic heterocycles. The van der Waals surface area contributed by atoms with Gasteiger partial charge in [-0.3, -0.25) is 4.79 Å². The first kappa shape index (κ1) is 19.0. The number of carbonyl (C=O) groups is 1. The number of hydrogen-bond acceptors (Lipinski definition) is 5. The van der Waals surface area contributed by atoms with Crippen LogP contribution in [0.2, 0.25) is 0 Å². The van der Waals surface area contributed by atoms with Crippen molar-refractivity contribution >= 4 is 54.5 Å². The number of rotatable bonds is 6. The van der Waals surface area contributed by atoms with E-state index in [4.69, 9.17) is 0 Å². The van der Waals surface area contributed by atoms with E-state index in [1.165, 1.54) is 20.5 Å². The van der Waals surface area contributed by atoms with Crippen LogP contribution >= 0.6 is 38.6 Å². The summed E-state index contributed by atoms with van der Waals surface area (Å²) in [4.78, 5) is 13.6. The van der Waals surface area contributed by atoms with E-state index >= 15 is 0 Å². The average Bonchev–Trinajstić information content (AvgIpc) is 3.27. The van der Waals surface area contributed by atoms with Gasteiger partial charge >= 0.3 is 0 Å². The molecule has 0 radical (unpaired) electrons. The first-order valence-corrected chi connectivity index (χ1v) is 12.0. The van der Waals surface area contributed by atoms with E-state index in [0.717, 1.165) is 16.6 Å². The Labute approximate surface area is 164 Å². The highest BCUT2D eigenvalue weighted by Gasteiger charge is 2.33. The Kier molecular flexibility index (Phi) is 6.32. The van der Waals surface area contributed by atoms with Crippen molar-refractivity contribution in [2.24, 2.45) is 5.92 Å². The molecule has 0 spiro atoms. The molecule has 1 N–H and O–H groups in total. The second kappa shape index (κ2) is 8.30. The van der Waals surface area contributed by atoms with Crippen LogP contribution in [-0.4, -0.2) is 38.3 Å². The van der Waals surface area contributed by atoms with Crippen molar-refractivity contribution < 1.29 is 13.2 Å². The lowest BCUT2D eigenvalue weighted by atomic mass is 9.99. The third-order valence-corrected chi connectivity index (χ3v) is 9.04. The van der Waals surface area contributed by atoms with E-state index in [1.54, 1.807) is 23.5 Å². The van der Waals surface area contributed by atoms with Gasteiger partial charge in [0.2, 0.25) is 5.91 Å². The van der Waals surface area contributed by atoms with Gasteiger partial charge in [-0.2, -0.15) is 4.31 Å². The summed E-state index contributed by atoms with van der Waals surface area (Å²) in [6.45, 7) is 1.31. The summed E-state index contributed by atoms with van der Waals surface area (Å²) in [7, 11) is -3.52. The van der Waals surface area contributed by atoms with Gasteiger partial charge in [-0.05, 0) is 58.8 Å². The van der Waals surface area contributed by atoms with Crippen molar-refractivity contribution in [2.45, 2.75) is 23.5 Å². The second-order valence-corrected chi connectivity index (χ2v) is 11.5. The maximum absolute atomic E-state index is 12.7. The monoisotopic (exact) mass is 462 g/mol. The molecule has 9 heteroatoms. The number of amides is 1. The summed E-state index contributed by atoms with van der Waals surface area (Å²) < 4.78 is 28.0. The minimum Gasteiger partial charge on any atom is -0.355 e. The third-order valence-electron chi connectivity index (χ3n) is 4.15. The van der Waals surface area contributed by atoms with Crippen molar-refractivity contribution in [3.05, 3.63) is 38.3 Å². The normalized spacial score (nSPS) is 19.0. The predicted octanol–water partition coefficient (Wildman–Crippen LogP) is 3.33. The lowest BCUT2D eigenvalue weighted by Gasteiger charge is -2.30. The van der Waals surface area contributed by atoms with Gasteiger partial charge < -0.3 is 5.32 Å². The highest BCUT2D eigenvalue weighted by Crippen LogP contribution is 2.30. The van der Waals surface area contributed by atoms with Crippen LogP contribution in [0.15, 0.2) is 37.6 Å². The van der Waals surface area contributed by atoms with Crippen molar-refractivity contribution in [3.8, 4) is 0 Å². The van der Waals surface area contributed by atoms with Crippen LogP contribution in [0.4, 0.5) is 0 Å². The Balaban J connectivity index is 1.57. The summed E-state index contributed by atoms with van der Waals surface area (Å²) >= 11 is 6.17. The van der Waals surface area contributed by atoms with Gasteiger partial charge in [-0.1, -0.05) is 6.07 Å². The fraction of sp³-hybridized carbons (Fsp3) is 0.438. The summed E-state index contributed by atoms with van der Waals surface area (Å²) in [5, 5.41) is 4.97. The first-order valence-electron chi connectivity index (χ1n) is 8.02. The number of nitrogens with zero attached hydrogens (tertiary/aromatic N) is 1. The van der Waals surface area contributed by atoms with Crippen molar-refractivity contribution in [1.82, 2.24) is 9.62 Å². The van der Waals surface area contributed by atoms with Crippen LogP contribution < -0.4 is 5.32 Å². The number of hydrogen-bond donors (Lipinski definition) is 1. The average molecular weight is 463 g/mol. The number of halogens is 1. The van der Waals surface area contributed by atoms with E-state index in [2.05, 4.69) is 21.2 Å². The molecule has 1 amide bonds. The number of sulfonamides is 1. The van der Waals surface area contributed by atoms with Crippen molar-refractivity contribution in [3.63, 3.8) is 0 Å². The molecule has 25 heavy (non-hydrogen) atoms. The number of carbonyl (C=O) groups excluding carboxylic acids is 1. The van der Waals surface area contributed by atoms with Gasteiger partial charge in [0.15, 0.2) is 0 Å². The van der Waals surface area contributed by atoms with E-state index in [0.29, 0.717) is 23.7 Å². The SMILES string of the molecule is O=C(NCCc1cccs1)C1CCCN(S(=O)(=O)c2ccc(Br)s2)C1. The van der Waals surface area contributed by atoms with Gasteiger partial charge in [-0.25, -0.2) is 8.42 Å². The molecule has 1 fully saturated rings. The largest absolute Gasteiger partial charge is 0.355 e. The molecule has 0 saturated carbocycles. The molecule has 1 aliphatic rings. The molecular formula is C16H19BrN2O3S3. The Bertz CT molecular complexity index is 818. The summed E-state index contributed by atoms with van der Waals surface area (Å²) in [5.74, 6) is -0.334. The van der Waals surface area contributed by atoms with E-state index < -0.39 is 10.0 Å². The lowest BCUT2D eigenvalue weighted by molar-refractivity contribution is -0.126. The van der Waals surface area contributed by atoms with Crippen LogP contribution in [0, 0.1) is 5.92 Å². The third kappa shape index (κ3) is 4.71. The molecule has 3 rings (SSSR count). The van der Waals surface area contributed by atoms with E-state index in [1.807, 2.05) is 17.5 Å². The second-order valence-electron chi connectivity index (χ2n) is 5.88. The standard InChI is InChI=1S/C16H19BrN2O3S3/c17-14-5-6-15(24-14)25(21,22)19-9-1-3-12(11-19)16(20)18-8-7-13-4-2-10-23-13/h2,4-6,10,12H,1,3,7-9,11H2,(H,18,20). The number of nitrogens with one attached hydrogen (secondary N) is 1. The van der Waals surface area contributed by atoms with Crippen LogP contribution in [0.1, 0.15) is 17.7 Å². The molecule has 0 aromatic carbocycles. The van der Waals surface area contributed by atoms with E-state index in [9.17, 15) is 13.2 Å². The molecule has 2 aromatic rings. The topological polar surface area (TPSA) is 66.5 Å². The minimum atomic E-state index is -3.52.